The number of aliphatic carboxylic acids is 1. The fourth-order valence-corrected chi connectivity index (χ4v) is 1.62. The lowest BCUT2D eigenvalue weighted by atomic mass is 9.96. The van der Waals surface area contributed by atoms with E-state index in [0.717, 1.165) is 18.4 Å². The van der Waals surface area contributed by atoms with Crippen LogP contribution in [0.3, 0.4) is 0 Å². The number of allylic oxidation sites excluding steroid dienone is 3. The number of aliphatic hydroxyl groups excluding tert-OH is 1. The topological polar surface area (TPSA) is 74.6 Å². The first-order valence-corrected chi connectivity index (χ1v) is 5.97. The Kier molecular flexibility index (Phi) is 7.20. The minimum atomic E-state index is -1.37. The Labute approximate surface area is 108 Å². The van der Waals surface area contributed by atoms with Crippen LogP contribution < -0.4 is 0 Å². The number of rotatable bonds is 7. The molecular weight excluding hydrogens is 232 g/mol. The van der Waals surface area contributed by atoms with Crippen LogP contribution in [0.4, 0.5) is 0 Å². The molecule has 0 aliphatic rings. The third-order valence-electron chi connectivity index (χ3n) is 2.59. The molecule has 4 nitrogen and oxygen atoms in total. The fraction of sp³-hybridized carbons (Fsp3) is 0.571. The van der Waals surface area contributed by atoms with E-state index >= 15 is 0 Å². The lowest BCUT2D eigenvalue weighted by Gasteiger charge is -2.14. The van der Waals surface area contributed by atoms with Crippen LogP contribution in [0.25, 0.3) is 0 Å². The van der Waals surface area contributed by atoms with Gasteiger partial charge in [-0.2, -0.15) is 0 Å². The van der Waals surface area contributed by atoms with E-state index in [9.17, 15) is 14.7 Å². The van der Waals surface area contributed by atoms with Crippen LogP contribution in [0.5, 0.6) is 0 Å². The molecule has 0 aliphatic heterocycles. The van der Waals surface area contributed by atoms with Gasteiger partial charge in [-0.3, -0.25) is 9.59 Å². The van der Waals surface area contributed by atoms with Crippen molar-refractivity contribution in [3.8, 4) is 0 Å². The van der Waals surface area contributed by atoms with Crippen LogP contribution >= 0.6 is 0 Å². The largest absolute Gasteiger partial charge is 0.481 e. The molecule has 0 saturated carbocycles. The molecule has 2 unspecified atom stereocenters. The molecule has 0 aliphatic carbocycles. The normalized spacial score (nSPS) is 14.8. The second kappa shape index (κ2) is 7.82. The molecule has 0 spiro atoms. The average Bonchev–Trinajstić information content (AvgIpc) is 2.14. The lowest BCUT2D eigenvalue weighted by molar-refractivity contribution is -0.149. The van der Waals surface area contributed by atoms with E-state index in [2.05, 4.69) is 6.08 Å². The van der Waals surface area contributed by atoms with Gasteiger partial charge in [-0.05, 0) is 40.5 Å². The van der Waals surface area contributed by atoms with Crippen molar-refractivity contribution in [1.29, 1.82) is 0 Å². The van der Waals surface area contributed by atoms with Gasteiger partial charge in [0.05, 0.1) is 6.10 Å². The van der Waals surface area contributed by atoms with Crippen molar-refractivity contribution in [2.45, 2.75) is 46.6 Å². The standard InChI is InChI=1S/C14H22O4/c1-9(2)6-5-7-10(3)8-12(16)13(11(4)15)14(17)18/h6,8,12-13,16H,5,7H2,1-4H3,(H,17,18)/b10-8+. The van der Waals surface area contributed by atoms with E-state index in [1.165, 1.54) is 18.6 Å². The quantitative estimate of drug-likeness (QED) is 0.540. The minimum Gasteiger partial charge on any atom is -0.481 e. The van der Waals surface area contributed by atoms with Gasteiger partial charge in [0.15, 0.2) is 0 Å². The summed E-state index contributed by atoms with van der Waals surface area (Å²) in [5.74, 6) is -3.20. The molecule has 0 aromatic heterocycles. The third kappa shape index (κ3) is 6.35. The lowest BCUT2D eigenvalue weighted by Crippen LogP contribution is -2.32. The second-order valence-corrected chi connectivity index (χ2v) is 4.75. The number of ketones is 1. The van der Waals surface area contributed by atoms with Gasteiger partial charge < -0.3 is 10.2 Å². The van der Waals surface area contributed by atoms with Gasteiger partial charge in [-0.1, -0.05) is 23.3 Å². The molecule has 0 amide bonds. The molecule has 2 atom stereocenters. The smallest absolute Gasteiger partial charge is 0.317 e. The van der Waals surface area contributed by atoms with E-state index < -0.39 is 23.8 Å². The summed E-state index contributed by atoms with van der Waals surface area (Å²) in [6.45, 7) is 7.00. The highest BCUT2D eigenvalue weighted by molar-refractivity contribution is 5.97. The van der Waals surface area contributed by atoms with Crippen molar-refractivity contribution in [2.24, 2.45) is 5.92 Å². The minimum absolute atomic E-state index is 0.539. The van der Waals surface area contributed by atoms with Crippen LogP contribution in [0.15, 0.2) is 23.3 Å². The van der Waals surface area contributed by atoms with Crippen molar-refractivity contribution in [3.63, 3.8) is 0 Å². The molecule has 0 saturated heterocycles. The highest BCUT2D eigenvalue weighted by Gasteiger charge is 2.29. The summed E-state index contributed by atoms with van der Waals surface area (Å²) >= 11 is 0. The molecule has 102 valence electrons. The van der Waals surface area contributed by atoms with Crippen molar-refractivity contribution >= 4 is 11.8 Å². The van der Waals surface area contributed by atoms with E-state index in [0.29, 0.717) is 0 Å². The first-order chi connectivity index (χ1) is 8.25. The zero-order valence-corrected chi connectivity index (χ0v) is 11.4. The maximum absolute atomic E-state index is 11.1. The Morgan fingerprint density at radius 1 is 1.17 bits per heavy atom. The maximum Gasteiger partial charge on any atom is 0.317 e. The maximum atomic E-state index is 11.1. The van der Waals surface area contributed by atoms with Gasteiger partial charge in [-0.25, -0.2) is 0 Å². The number of aliphatic hydroxyl groups is 1. The molecule has 0 heterocycles. The molecule has 18 heavy (non-hydrogen) atoms. The van der Waals surface area contributed by atoms with Crippen LogP contribution in [0.2, 0.25) is 0 Å². The molecule has 0 aromatic carbocycles. The van der Waals surface area contributed by atoms with Gasteiger partial charge in [0.1, 0.15) is 11.7 Å². The Balaban J connectivity index is 4.59. The zero-order valence-electron chi connectivity index (χ0n) is 11.4. The van der Waals surface area contributed by atoms with Crippen LogP contribution in [0, 0.1) is 5.92 Å². The molecule has 0 aromatic rings. The predicted octanol–water partition coefficient (Wildman–Crippen LogP) is 2.33. The van der Waals surface area contributed by atoms with Crippen molar-refractivity contribution in [1.82, 2.24) is 0 Å². The first kappa shape index (κ1) is 16.6. The fourth-order valence-electron chi connectivity index (χ4n) is 1.62. The van der Waals surface area contributed by atoms with Gasteiger partial charge in [-0.15, -0.1) is 0 Å². The SMILES string of the molecule is CC(=O)C(C(=O)O)C(O)/C=C(\C)CCC=C(C)C. The van der Waals surface area contributed by atoms with Crippen molar-refractivity contribution < 1.29 is 19.8 Å². The van der Waals surface area contributed by atoms with E-state index in [-0.39, 0.29) is 0 Å². The summed E-state index contributed by atoms with van der Waals surface area (Å²) in [4.78, 5) is 22.0. The van der Waals surface area contributed by atoms with Gasteiger partial charge >= 0.3 is 5.97 Å². The summed E-state index contributed by atoms with van der Waals surface area (Å²) in [7, 11) is 0. The molecule has 4 heteroatoms. The molecule has 0 rings (SSSR count). The van der Waals surface area contributed by atoms with Gasteiger partial charge in [0, 0.05) is 0 Å². The Morgan fingerprint density at radius 2 is 1.72 bits per heavy atom. The van der Waals surface area contributed by atoms with Crippen molar-refractivity contribution in [3.05, 3.63) is 23.3 Å². The van der Waals surface area contributed by atoms with E-state index in [4.69, 9.17) is 5.11 Å². The Bertz CT molecular complexity index is 348. The van der Waals surface area contributed by atoms with Gasteiger partial charge in [0.2, 0.25) is 0 Å². The van der Waals surface area contributed by atoms with Crippen LogP contribution in [-0.2, 0) is 9.59 Å². The highest BCUT2D eigenvalue weighted by atomic mass is 16.4. The number of carbonyl (C=O) groups is 2. The Morgan fingerprint density at radius 3 is 2.11 bits per heavy atom. The van der Waals surface area contributed by atoms with Crippen molar-refractivity contribution in [2.75, 3.05) is 0 Å². The number of hydrogen-bond acceptors (Lipinski definition) is 3. The number of carbonyl (C=O) groups excluding carboxylic acids is 1. The number of Topliss-reactive ketones (excluding diaryl/α,β-unsaturated/α-hetero) is 1. The summed E-state index contributed by atoms with van der Waals surface area (Å²) in [6.07, 6.45) is 3.86. The van der Waals surface area contributed by atoms with Gasteiger partial charge in [0.25, 0.3) is 0 Å². The monoisotopic (exact) mass is 254 g/mol. The predicted molar refractivity (Wildman–Crippen MR) is 70.2 cm³/mol. The summed E-state index contributed by atoms with van der Waals surface area (Å²) < 4.78 is 0. The summed E-state index contributed by atoms with van der Waals surface area (Å²) in [5, 5.41) is 18.6. The molecular formula is C14H22O4. The summed E-state index contributed by atoms with van der Waals surface area (Å²) in [5.41, 5.74) is 2.10. The van der Waals surface area contributed by atoms with Crippen LogP contribution in [0.1, 0.15) is 40.5 Å². The Hall–Kier alpha value is -1.42. The average molecular weight is 254 g/mol. The molecule has 2 N–H and O–H groups in total. The third-order valence-corrected chi connectivity index (χ3v) is 2.59. The second-order valence-electron chi connectivity index (χ2n) is 4.75. The number of carboxylic acid groups (broad SMARTS) is 1. The molecule has 0 radical (unpaired) electrons. The zero-order chi connectivity index (χ0) is 14.3. The first-order valence-electron chi connectivity index (χ1n) is 5.97. The molecule has 0 fully saturated rings. The van der Waals surface area contributed by atoms with E-state index in [1.807, 2.05) is 20.8 Å². The molecule has 0 bridgehead atoms. The summed E-state index contributed by atoms with van der Waals surface area (Å²) in [6, 6.07) is 0. The number of carboxylic acids is 1. The number of hydrogen-bond donors (Lipinski definition) is 2. The van der Waals surface area contributed by atoms with Crippen LogP contribution in [-0.4, -0.2) is 28.1 Å². The van der Waals surface area contributed by atoms with E-state index in [1.54, 1.807) is 0 Å². The highest BCUT2D eigenvalue weighted by Crippen LogP contribution is 2.13.